The first-order valence-electron chi connectivity index (χ1n) is 7.14. The van der Waals surface area contributed by atoms with Crippen molar-refractivity contribution in [1.29, 1.82) is 0 Å². The summed E-state index contributed by atoms with van der Waals surface area (Å²) in [4.78, 5) is 13.9. The van der Waals surface area contributed by atoms with Crippen LogP contribution in [0.15, 0.2) is 70.5 Å². The smallest absolute Gasteiger partial charge is 0.258 e. The Hall–Kier alpha value is -2.00. The van der Waals surface area contributed by atoms with Crippen LogP contribution in [0.5, 0.6) is 0 Å². The van der Waals surface area contributed by atoms with Crippen LogP contribution in [0.1, 0.15) is 5.56 Å². The zero-order valence-corrected chi connectivity index (χ0v) is 12.3. The third-order valence-electron chi connectivity index (χ3n) is 4.00. The molecule has 0 aliphatic carbocycles. The zero-order chi connectivity index (χ0) is 14.2. The molecule has 2 aromatic carbocycles. The van der Waals surface area contributed by atoms with E-state index < -0.39 is 0 Å². The molecule has 2 heterocycles. The minimum Gasteiger partial charge on any atom is -0.314 e. The van der Waals surface area contributed by atoms with Gasteiger partial charge in [-0.15, -0.1) is 11.8 Å². The molecular weight excluding hydrogens is 278 g/mol. The first kappa shape index (κ1) is 12.7. The average molecular weight is 293 g/mol. The van der Waals surface area contributed by atoms with Gasteiger partial charge < -0.3 is 4.57 Å². The van der Waals surface area contributed by atoms with Gasteiger partial charge in [0.1, 0.15) is 0 Å². The van der Waals surface area contributed by atoms with Crippen LogP contribution in [-0.2, 0) is 13.0 Å². The Morgan fingerprint density at radius 2 is 1.86 bits per heavy atom. The van der Waals surface area contributed by atoms with E-state index in [2.05, 4.69) is 24.3 Å². The molecule has 1 aromatic heterocycles. The fourth-order valence-electron chi connectivity index (χ4n) is 2.95. The van der Waals surface area contributed by atoms with Crippen LogP contribution in [0.3, 0.4) is 0 Å². The summed E-state index contributed by atoms with van der Waals surface area (Å²) in [5.74, 6) is 0. The van der Waals surface area contributed by atoms with Gasteiger partial charge in [0.05, 0.1) is 0 Å². The van der Waals surface area contributed by atoms with E-state index in [-0.39, 0.29) is 5.56 Å². The Morgan fingerprint density at radius 3 is 2.76 bits per heavy atom. The fourth-order valence-corrected chi connectivity index (χ4v) is 4.27. The third kappa shape index (κ3) is 2.28. The predicted molar refractivity (Wildman–Crippen MR) is 88.0 cm³/mol. The van der Waals surface area contributed by atoms with Gasteiger partial charge in [0.25, 0.3) is 5.56 Å². The van der Waals surface area contributed by atoms with Crippen molar-refractivity contribution in [2.75, 3.05) is 0 Å². The number of fused-ring (bicyclic) bond motifs is 2. The molecule has 1 aliphatic heterocycles. The Bertz CT molecular complexity index is 843. The van der Waals surface area contributed by atoms with E-state index in [1.54, 1.807) is 0 Å². The summed E-state index contributed by atoms with van der Waals surface area (Å²) in [5.41, 5.74) is 1.52. The molecule has 0 N–H and O–H groups in total. The van der Waals surface area contributed by atoms with E-state index in [4.69, 9.17) is 0 Å². The average Bonchev–Trinajstić information content (AvgIpc) is 2.93. The van der Waals surface area contributed by atoms with Gasteiger partial charge in [-0.2, -0.15) is 0 Å². The highest BCUT2D eigenvalue weighted by Crippen LogP contribution is 2.37. The maximum atomic E-state index is 12.5. The first-order valence-corrected chi connectivity index (χ1v) is 8.02. The highest BCUT2D eigenvalue weighted by Gasteiger charge is 2.22. The summed E-state index contributed by atoms with van der Waals surface area (Å²) >= 11 is 1.89. The molecule has 0 saturated carbocycles. The van der Waals surface area contributed by atoms with Gasteiger partial charge in [0, 0.05) is 28.3 Å². The summed E-state index contributed by atoms with van der Waals surface area (Å²) in [6, 6.07) is 18.3. The van der Waals surface area contributed by atoms with E-state index in [1.165, 1.54) is 10.5 Å². The van der Waals surface area contributed by atoms with Crippen molar-refractivity contribution in [3.8, 4) is 0 Å². The van der Waals surface area contributed by atoms with Gasteiger partial charge in [-0.1, -0.05) is 36.4 Å². The summed E-state index contributed by atoms with van der Waals surface area (Å²) in [5, 5.41) is 2.27. The number of hydrogen-bond donors (Lipinski definition) is 0. The normalized spacial score (nSPS) is 17.0. The Kier molecular flexibility index (Phi) is 3.08. The number of benzene rings is 2. The van der Waals surface area contributed by atoms with Crippen LogP contribution < -0.4 is 5.56 Å². The number of hydrogen-bond acceptors (Lipinski definition) is 2. The standard InChI is InChI=1S/C18H15NOS/c20-18-16-7-3-1-5-13(16)9-10-19(18)12-15-11-14-6-2-4-8-17(14)21-15/h1-10,15H,11-12H2. The molecule has 0 bridgehead atoms. The van der Waals surface area contributed by atoms with Crippen LogP contribution in [0, 0.1) is 0 Å². The number of thioether (sulfide) groups is 1. The Balaban J connectivity index is 1.64. The lowest BCUT2D eigenvalue weighted by Crippen LogP contribution is -2.24. The Labute approximate surface area is 127 Å². The van der Waals surface area contributed by atoms with Crippen molar-refractivity contribution < 1.29 is 0 Å². The van der Waals surface area contributed by atoms with Gasteiger partial charge in [-0.05, 0) is 35.6 Å². The van der Waals surface area contributed by atoms with E-state index in [0.717, 1.165) is 23.7 Å². The molecule has 1 atom stereocenters. The van der Waals surface area contributed by atoms with Crippen LogP contribution in [0.4, 0.5) is 0 Å². The van der Waals surface area contributed by atoms with Gasteiger partial charge in [0.15, 0.2) is 0 Å². The number of aromatic nitrogens is 1. The van der Waals surface area contributed by atoms with Crippen molar-refractivity contribution in [2.45, 2.75) is 23.1 Å². The predicted octanol–water partition coefficient (Wildman–Crippen LogP) is 3.72. The van der Waals surface area contributed by atoms with Crippen molar-refractivity contribution in [2.24, 2.45) is 0 Å². The lowest BCUT2D eigenvalue weighted by atomic mass is 10.1. The minimum atomic E-state index is 0.115. The van der Waals surface area contributed by atoms with E-state index in [9.17, 15) is 4.79 Å². The number of pyridine rings is 1. The molecule has 1 unspecified atom stereocenters. The van der Waals surface area contributed by atoms with Crippen molar-refractivity contribution in [3.05, 3.63) is 76.7 Å². The lowest BCUT2D eigenvalue weighted by Gasteiger charge is -2.12. The first-order chi connectivity index (χ1) is 10.3. The zero-order valence-electron chi connectivity index (χ0n) is 11.5. The molecular formula is C18H15NOS. The highest BCUT2D eigenvalue weighted by molar-refractivity contribution is 8.00. The SMILES string of the molecule is O=c1c2ccccc2ccn1CC1Cc2ccccc2S1. The van der Waals surface area contributed by atoms with Crippen LogP contribution in [0.2, 0.25) is 0 Å². The molecule has 0 amide bonds. The summed E-state index contributed by atoms with van der Waals surface area (Å²) < 4.78 is 1.85. The molecule has 21 heavy (non-hydrogen) atoms. The summed E-state index contributed by atoms with van der Waals surface area (Å²) in [6.45, 7) is 0.767. The van der Waals surface area contributed by atoms with E-state index >= 15 is 0 Å². The monoisotopic (exact) mass is 293 g/mol. The van der Waals surface area contributed by atoms with Crippen molar-refractivity contribution >= 4 is 22.5 Å². The van der Waals surface area contributed by atoms with Crippen LogP contribution in [0.25, 0.3) is 10.8 Å². The highest BCUT2D eigenvalue weighted by atomic mass is 32.2. The maximum Gasteiger partial charge on any atom is 0.258 e. The molecule has 3 heteroatoms. The topological polar surface area (TPSA) is 22.0 Å². The largest absolute Gasteiger partial charge is 0.314 e. The molecule has 104 valence electrons. The van der Waals surface area contributed by atoms with Crippen molar-refractivity contribution in [1.82, 2.24) is 4.57 Å². The lowest BCUT2D eigenvalue weighted by molar-refractivity contribution is 0.646. The van der Waals surface area contributed by atoms with Gasteiger partial charge in [0.2, 0.25) is 0 Å². The molecule has 3 aromatic rings. The van der Waals surface area contributed by atoms with Gasteiger partial charge in [-0.25, -0.2) is 0 Å². The second-order valence-electron chi connectivity index (χ2n) is 5.41. The molecule has 4 rings (SSSR count). The van der Waals surface area contributed by atoms with Crippen LogP contribution in [-0.4, -0.2) is 9.82 Å². The fraction of sp³-hybridized carbons (Fsp3) is 0.167. The van der Waals surface area contributed by atoms with Gasteiger partial charge in [-0.3, -0.25) is 4.79 Å². The van der Waals surface area contributed by atoms with Crippen LogP contribution >= 0.6 is 11.8 Å². The molecule has 0 saturated heterocycles. The summed E-state index contributed by atoms with van der Waals surface area (Å²) in [7, 11) is 0. The van der Waals surface area contributed by atoms with E-state index in [0.29, 0.717) is 5.25 Å². The second-order valence-corrected chi connectivity index (χ2v) is 6.75. The molecule has 0 spiro atoms. The molecule has 2 nitrogen and oxygen atoms in total. The minimum absolute atomic E-state index is 0.115. The number of rotatable bonds is 2. The maximum absolute atomic E-state index is 12.5. The Morgan fingerprint density at radius 1 is 1.05 bits per heavy atom. The molecule has 0 radical (unpaired) electrons. The molecule has 0 fully saturated rings. The number of nitrogens with zero attached hydrogens (tertiary/aromatic N) is 1. The van der Waals surface area contributed by atoms with E-state index in [1.807, 2.05) is 52.9 Å². The summed E-state index contributed by atoms with van der Waals surface area (Å²) in [6.07, 6.45) is 2.97. The second kappa shape index (κ2) is 5.08. The quantitative estimate of drug-likeness (QED) is 0.718. The van der Waals surface area contributed by atoms with Gasteiger partial charge >= 0.3 is 0 Å². The van der Waals surface area contributed by atoms with Crippen molar-refractivity contribution in [3.63, 3.8) is 0 Å². The third-order valence-corrected chi connectivity index (χ3v) is 5.30. The molecule has 1 aliphatic rings.